The Kier molecular flexibility index (Phi) is 4.45. The molecule has 0 amide bonds. The van der Waals surface area contributed by atoms with Crippen LogP contribution in [0.1, 0.15) is 16.8 Å². The number of rotatable bonds is 3. The topological polar surface area (TPSA) is 73.1 Å². The molecule has 0 radical (unpaired) electrons. The third-order valence-corrected chi connectivity index (χ3v) is 4.73. The van der Waals surface area contributed by atoms with Crippen molar-refractivity contribution in [3.05, 3.63) is 71.6 Å². The molecule has 2 aromatic rings. The van der Waals surface area contributed by atoms with E-state index in [4.69, 9.17) is 5.14 Å². The van der Waals surface area contributed by atoms with E-state index in [0.717, 1.165) is 12.3 Å². The molecule has 9 heteroatoms. The highest BCUT2D eigenvalue weighted by Crippen LogP contribution is 2.38. The molecule has 1 aromatic carbocycles. The molecule has 1 aliphatic carbocycles. The number of hydrogen-bond acceptors (Lipinski definition) is 3. The lowest BCUT2D eigenvalue weighted by molar-refractivity contribution is -0.141. The van der Waals surface area contributed by atoms with Crippen molar-refractivity contribution in [1.29, 1.82) is 0 Å². The SMILES string of the molecule is NS(=O)(=O)c1ccc(C2=CC(F)C=C2c2ccc(C(F)(F)F)nc2)cc1. The van der Waals surface area contributed by atoms with Gasteiger partial charge in [0.05, 0.1) is 4.90 Å². The van der Waals surface area contributed by atoms with Crippen molar-refractivity contribution in [3.8, 4) is 0 Å². The summed E-state index contributed by atoms with van der Waals surface area (Å²) in [5.74, 6) is 0. The van der Waals surface area contributed by atoms with Crippen molar-refractivity contribution in [2.75, 3.05) is 0 Å². The Labute approximate surface area is 146 Å². The van der Waals surface area contributed by atoms with Crippen LogP contribution in [0, 0.1) is 0 Å². The van der Waals surface area contributed by atoms with Crippen molar-refractivity contribution in [2.45, 2.75) is 17.2 Å². The lowest BCUT2D eigenvalue weighted by Crippen LogP contribution is -2.11. The van der Waals surface area contributed by atoms with Gasteiger partial charge in [-0.25, -0.2) is 17.9 Å². The van der Waals surface area contributed by atoms with Crippen LogP contribution < -0.4 is 5.14 Å². The second kappa shape index (κ2) is 6.33. The van der Waals surface area contributed by atoms with E-state index in [1.807, 2.05) is 0 Å². The van der Waals surface area contributed by atoms with Gasteiger partial charge in [0.2, 0.25) is 10.0 Å². The lowest BCUT2D eigenvalue weighted by atomic mass is 9.96. The zero-order valence-corrected chi connectivity index (χ0v) is 13.9. The number of benzene rings is 1. The normalized spacial score (nSPS) is 17.8. The van der Waals surface area contributed by atoms with E-state index in [2.05, 4.69) is 4.98 Å². The number of aromatic nitrogens is 1. The minimum atomic E-state index is -4.56. The van der Waals surface area contributed by atoms with Crippen molar-refractivity contribution in [2.24, 2.45) is 5.14 Å². The molecule has 1 aliphatic rings. The smallest absolute Gasteiger partial charge is 0.251 e. The molecule has 0 saturated heterocycles. The van der Waals surface area contributed by atoms with Gasteiger partial charge in [-0.1, -0.05) is 18.2 Å². The van der Waals surface area contributed by atoms with Gasteiger partial charge in [0.15, 0.2) is 0 Å². The fourth-order valence-corrected chi connectivity index (χ4v) is 3.11. The maximum Gasteiger partial charge on any atom is 0.433 e. The van der Waals surface area contributed by atoms with E-state index < -0.39 is 28.1 Å². The minimum absolute atomic E-state index is 0.0987. The van der Waals surface area contributed by atoms with Crippen LogP contribution in [0.25, 0.3) is 11.1 Å². The summed E-state index contributed by atoms with van der Waals surface area (Å²) in [4.78, 5) is 3.28. The Morgan fingerprint density at radius 3 is 1.92 bits per heavy atom. The highest BCUT2D eigenvalue weighted by molar-refractivity contribution is 7.89. The average Bonchev–Trinajstić information content (AvgIpc) is 2.95. The Morgan fingerprint density at radius 1 is 0.923 bits per heavy atom. The molecule has 4 nitrogen and oxygen atoms in total. The summed E-state index contributed by atoms with van der Waals surface area (Å²) in [5, 5.41) is 5.04. The zero-order valence-electron chi connectivity index (χ0n) is 13.0. The summed E-state index contributed by atoms with van der Waals surface area (Å²) in [5.41, 5.74) is 0.588. The van der Waals surface area contributed by atoms with Crippen LogP contribution in [-0.4, -0.2) is 19.6 Å². The maximum atomic E-state index is 13.9. The fourth-order valence-electron chi connectivity index (χ4n) is 2.59. The highest BCUT2D eigenvalue weighted by atomic mass is 32.2. The number of allylic oxidation sites excluding steroid dienone is 4. The first-order valence-corrected chi connectivity index (χ1v) is 8.85. The number of alkyl halides is 4. The number of pyridine rings is 1. The van der Waals surface area contributed by atoms with E-state index in [9.17, 15) is 26.0 Å². The van der Waals surface area contributed by atoms with Crippen LogP contribution in [0.15, 0.2) is 59.6 Å². The van der Waals surface area contributed by atoms with E-state index >= 15 is 0 Å². The second-order valence-electron chi connectivity index (χ2n) is 5.60. The molecule has 3 rings (SSSR count). The van der Waals surface area contributed by atoms with Crippen molar-refractivity contribution in [3.63, 3.8) is 0 Å². The average molecular weight is 384 g/mol. The fraction of sp³-hybridized carbons (Fsp3) is 0.118. The van der Waals surface area contributed by atoms with Crippen LogP contribution in [-0.2, 0) is 16.2 Å². The minimum Gasteiger partial charge on any atom is -0.251 e. The Hall–Kier alpha value is -2.52. The van der Waals surface area contributed by atoms with Crippen molar-refractivity contribution >= 4 is 21.2 Å². The van der Waals surface area contributed by atoms with Gasteiger partial charge in [-0.3, -0.25) is 4.98 Å². The summed E-state index contributed by atoms with van der Waals surface area (Å²) >= 11 is 0. The number of hydrogen-bond donors (Lipinski definition) is 1. The molecule has 0 aliphatic heterocycles. The second-order valence-corrected chi connectivity index (χ2v) is 7.17. The Morgan fingerprint density at radius 2 is 1.46 bits per heavy atom. The Bertz CT molecular complexity index is 993. The predicted octanol–water partition coefficient (Wildman–Crippen LogP) is 3.57. The number of sulfonamides is 1. The molecular formula is C17H12F4N2O2S. The van der Waals surface area contributed by atoms with Crippen LogP contribution in [0.5, 0.6) is 0 Å². The number of nitrogens with two attached hydrogens (primary N) is 1. The van der Waals surface area contributed by atoms with E-state index in [1.54, 1.807) is 0 Å². The first-order valence-electron chi connectivity index (χ1n) is 7.30. The van der Waals surface area contributed by atoms with Gasteiger partial charge in [-0.2, -0.15) is 13.2 Å². The third kappa shape index (κ3) is 3.68. The maximum absolute atomic E-state index is 13.9. The molecule has 1 unspecified atom stereocenters. The zero-order chi connectivity index (χ0) is 19.1. The van der Waals surface area contributed by atoms with E-state index in [1.165, 1.54) is 42.5 Å². The first kappa shape index (κ1) is 18.3. The van der Waals surface area contributed by atoms with Gasteiger partial charge in [-0.05, 0) is 47.1 Å². The van der Waals surface area contributed by atoms with Gasteiger partial charge in [0.25, 0.3) is 0 Å². The predicted molar refractivity (Wildman–Crippen MR) is 87.9 cm³/mol. The lowest BCUT2D eigenvalue weighted by Gasteiger charge is -2.11. The van der Waals surface area contributed by atoms with Gasteiger partial charge >= 0.3 is 6.18 Å². The summed E-state index contributed by atoms with van der Waals surface area (Å²) < 4.78 is 74.4. The number of nitrogens with zero attached hydrogens (tertiary/aromatic N) is 1. The molecule has 1 heterocycles. The summed E-state index contributed by atoms with van der Waals surface area (Å²) in [7, 11) is -3.86. The summed E-state index contributed by atoms with van der Waals surface area (Å²) in [6.07, 6.45) is -2.40. The molecule has 0 spiro atoms. The van der Waals surface area contributed by atoms with Crippen LogP contribution in [0.4, 0.5) is 17.6 Å². The standard InChI is InChI=1S/C17H12F4N2O2S/c18-12-7-14(10-1-4-13(5-2-10)26(22,24)25)15(8-12)11-3-6-16(23-9-11)17(19,20)21/h1-9,12H,(H2,22,24,25). The summed E-state index contributed by atoms with van der Waals surface area (Å²) in [6, 6.07) is 7.50. The van der Waals surface area contributed by atoms with Crippen molar-refractivity contribution < 1.29 is 26.0 Å². The molecular weight excluding hydrogens is 372 g/mol. The molecule has 26 heavy (non-hydrogen) atoms. The highest BCUT2D eigenvalue weighted by Gasteiger charge is 2.32. The van der Waals surface area contributed by atoms with Crippen molar-refractivity contribution in [1.82, 2.24) is 4.98 Å². The molecule has 0 saturated carbocycles. The molecule has 1 aromatic heterocycles. The molecule has 1 atom stereocenters. The van der Waals surface area contributed by atoms with Crippen LogP contribution in [0.2, 0.25) is 0 Å². The molecule has 0 fully saturated rings. The quantitative estimate of drug-likeness (QED) is 0.823. The van der Waals surface area contributed by atoms with E-state index in [-0.39, 0.29) is 4.90 Å². The number of halogens is 4. The van der Waals surface area contributed by atoms with Gasteiger partial charge in [0, 0.05) is 11.8 Å². The van der Waals surface area contributed by atoms with E-state index in [0.29, 0.717) is 22.3 Å². The largest absolute Gasteiger partial charge is 0.433 e. The van der Waals surface area contributed by atoms with Gasteiger partial charge in [0.1, 0.15) is 11.9 Å². The van der Waals surface area contributed by atoms with Crippen LogP contribution >= 0.6 is 0 Å². The third-order valence-electron chi connectivity index (χ3n) is 3.80. The monoisotopic (exact) mass is 384 g/mol. The van der Waals surface area contributed by atoms with Gasteiger partial charge in [-0.15, -0.1) is 0 Å². The molecule has 2 N–H and O–H groups in total. The summed E-state index contributed by atoms with van der Waals surface area (Å²) in [6.45, 7) is 0. The molecule has 136 valence electrons. The van der Waals surface area contributed by atoms with Gasteiger partial charge < -0.3 is 0 Å². The molecule has 0 bridgehead atoms. The van der Waals surface area contributed by atoms with Crippen LogP contribution in [0.3, 0.4) is 0 Å². The first-order chi connectivity index (χ1) is 12.1. The number of primary sulfonamides is 1. The Balaban J connectivity index is 1.96.